The van der Waals surface area contributed by atoms with Gasteiger partial charge in [0.05, 0.1) is 29.3 Å². The van der Waals surface area contributed by atoms with Gasteiger partial charge in [0.15, 0.2) is 11.5 Å². The Morgan fingerprint density at radius 1 is 1.08 bits per heavy atom. The van der Waals surface area contributed by atoms with Crippen LogP contribution >= 0.6 is 23.2 Å². The van der Waals surface area contributed by atoms with Crippen molar-refractivity contribution in [1.29, 1.82) is 0 Å². The number of halogens is 2. The molecule has 0 fully saturated rings. The quantitative estimate of drug-likeness (QED) is 0.518. The lowest BCUT2D eigenvalue weighted by molar-refractivity contribution is 0.288. The van der Waals surface area contributed by atoms with E-state index in [0.29, 0.717) is 40.3 Å². The van der Waals surface area contributed by atoms with Crippen molar-refractivity contribution in [3.63, 3.8) is 0 Å². The van der Waals surface area contributed by atoms with Crippen molar-refractivity contribution in [2.45, 2.75) is 18.7 Å². The van der Waals surface area contributed by atoms with Crippen LogP contribution in [-0.4, -0.2) is 27.8 Å². The number of rotatable bonds is 8. The van der Waals surface area contributed by atoms with E-state index in [2.05, 4.69) is 9.93 Å². The van der Waals surface area contributed by atoms with Gasteiger partial charge in [-0.2, -0.15) is 13.5 Å². The second-order valence-corrected chi connectivity index (χ2v) is 7.51. The molecule has 0 atom stereocenters. The third kappa shape index (κ3) is 5.27. The van der Waals surface area contributed by atoms with E-state index in [1.165, 1.54) is 30.5 Å². The summed E-state index contributed by atoms with van der Waals surface area (Å²) in [6.45, 7) is 4.55. The fraction of sp³-hybridized carbons (Fsp3) is 0.235. The van der Waals surface area contributed by atoms with Crippen molar-refractivity contribution in [3.05, 3.63) is 52.0 Å². The second kappa shape index (κ2) is 9.12. The first kappa shape index (κ1) is 20.4. The fourth-order valence-corrected chi connectivity index (χ4v) is 3.24. The van der Waals surface area contributed by atoms with Crippen molar-refractivity contribution in [3.8, 4) is 11.5 Å². The van der Waals surface area contributed by atoms with E-state index in [0.717, 1.165) is 0 Å². The SMILES string of the molecule is CCOc1cc(/C=N/NS(=O)(=O)c2ccc(Cl)cc2)cc(Cl)c1OCC. The molecule has 0 saturated carbocycles. The molecule has 2 aromatic carbocycles. The van der Waals surface area contributed by atoms with Gasteiger partial charge in [0.1, 0.15) is 0 Å². The monoisotopic (exact) mass is 416 g/mol. The van der Waals surface area contributed by atoms with Gasteiger partial charge >= 0.3 is 0 Å². The molecular weight excluding hydrogens is 399 g/mol. The van der Waals surface area contributed by atoms with Crippen molar-refractivity contribution in [2.75, 3.05) is 13.2 Å². The van der Waals surface area contributed by atoms with Crippen molar-refractivity contribution in [2.24, 2.45) is 5.10 Å². The van der Waals surface area contributed by atoms with E-state index in [-0.39, 0.29) is 4.90 Å². The third-order valence-corrected chi connectivity index (χ3v) is 4.90. The highest BCUT2D eigenvalue weighted by atomic mass is 35.5. The van der Waals surface area contributed by atoms with Gasteiger partial charge in [-0.3, -0.25) is 0 Å². The van der Waals surface area contributed by atoms with Crippen LogP contribution in [0.1, 0.15) is 19.4 Å². The molecule has 0 bridgehead atoms. The van der Waals surface area contributed by atoms with Crippen LogP contribution < -0.4 is 14.3 Å². The largest absolute Gasteiger partial charge is 0.490 e. The number of hydrogen-bond donors (Lipinski definition) is 1. The standard InChI is InChI=1S/C17H18Cl2N2O4S/c1-3-24-16-10-12(9-15(19)17(16)25-4-2)11-20-21-26(22,23)14-7-5-13(18)6-8-14/h5-11,21H,3-4H2,1-2H3/b20-11+. The molecule has 0 aliphatic rings. The predicted octanol–water partition coefficient (Wildman–Crippen LogP) is 4.10. The minimum absolute atomic E-state index is 0.0544. The van der Waals surface area contributed by atoms with Gasteiger partial charge in [0, 0.05) is 5.02 Å². The Labute approximate surface area is 162 Å². The summed E-state index contributed by atoms with van der Waals surface area (Å²) in [5.74, 6) is 0.902. The molecule has 0 unspecified atom stereocenters. The summed E-state index contributed by atoms with van der Waals surface area (Å²) >= 11 is 12.0. The summed E-state index contributed by atoms with van der Waals surface area (Å²) in [6.07, 6.45) is 1.33. The maximum atomic E-state index is 12.2. The van der Waals surface area contributed by atoms with E-state index in [1.54, 1.807) is 12.1 Å². The maximum Gasteiger partial charge on any atom is 0.276 e. The van der Waals surface area contributed by atoms with E-state index in [1.807, 2.05) is 13.8 Å². The highest BCUT2D eigenvalue weighted by Gasteiger charge is 2.13. The lowest BCUT2D eigenvalue weighted by atomic mass is 10.2. The number of hydrazone groups is 1. The van der Waals surface area contributed by atoms with E-state index in [9.17, 15) is 8.42 Å². The molecule has 0 spiro atoms. The topological polar surface area (TPSA) is 77.0 Å². The van der Waals surface area contributed by atoms with Gasteiger partial charge in [-0.05, 0) is 55.8 Å². The number of nitrogens with zero attached hydrogens (tertiary/aromatic N) is 1. The molecule has 0 amide bonds. The molecule has 0 saturated heterocycles. The van der Waals surface area contributed by atoms with Crippen LogP contribution in [-0.2, 0) is 10.0 Å². The molecule has 0 radical (unpaired) electrons. The lowest BCUT2D eigenvalue weighted by Gasteiger charge is -2.13. The predicted molar refractivity (Wildman–Crippen MR) is 103 cm³/mol. The minimum atomic E-state index is -3.79. The number of sulfonamides is 1. The second-order valence-electron chi connectivity index (χ2n) is 5.00. The summed E-state index contributed by atoms with van der Waals surface area (Å²) in [5.41, 5.74) is 0.556. The number of hydrogen-bond acceptors (Lipinski definition) is 5. The van der Waals surface area contributed by atoms with Gasteiger partial charge in [0.25, 0.3) is 10.0 Å². The van der Waals surface area contributed by atoms with Crippen LogP contribution in [0, 0.1) is 0 Å². The fourth-order valence-electron chi connectivity index (χ4n) is 2.05. The van der Waals surface area contributed by atoms with Gasteiger partial charge < -0.3 is 9.47 Å². The molecule has 2 aromatic rings. The van der Waals surface area contributed by atoms with Crippen molar-refractivity contribution >= 4 is 39.4 Å². The molecule has 2 rings (SSSR count). The van der Waals surface area contributed by atoms with Crippen LogP contribution in [0.4, 0.5) is 0 Å². The molecule has 9 heteroatoms. The Morgan fingerprint density at radius 2 is 1.73 bits per heavy atom. The van der Waals surface area contributed by atoms with Gasteiger partial charge in [0.2, 0.25) is 0 Å². The third-order valence-electron chi connectivity index (χ3n) is 3.13. The summed E-state index contributed by atoms with van der Waals surface area (Å²) in [5, 5.41) is 4.57. The number of ether oxygens (including phenoxy) is 2. The molecule has 0 aromatic heterocycles. The van der Waals surface area contributed by atoms with Crippen molar-refractivity contribution in [1.82, 2.24) is 4.83 Å². The molecular formula is C17H18Cl2N2O4S. The van der Waals surface area contributed by atoms with Gasteiger partial charge in [-0.15, -0.1) is 0 Å². The van der Waals surface area contributed by atoms with Gasteiger partial charge in [-0.25, -0.2) is 4.83 Å². The minimum Gasteiger partial charge on any atom is -0.490 e. The van der Waals surface area contributed by atoms with Crippen LogP contribution in [0.5, 0.6) is 11.5 Å². The van der Waals surface area contributed by atoms with Crippen molar-refractivity contribution < 1.29 is 17.9 Å². The molecule has 0 heterocycles. The lowest BCUT2D eigenvalue weighted by Crippen LogP contribution is -2.18. The molecule has 0 aliphatic heterocycles. The van der Waals surface area contributed by atoms with Crippen LogP contribution in [0.2, 0.25) is 10.0 Å². The number of nitrogens with one attached hydrogen (secondary N) is 1. The van der Waals surface area contributed by atoms with E-state index >= 15 is 0 Å². The molecule has 26 heavy (non-hydrogen) atoms. The molecule has 0 aliphatic carbocycles. The van der Waals surface area contributed by atoms with Crippen LogP contribution in [0.3, 0.4) is 0 Å². The zero-order chi connectivity index (χ0) is 19.2. The summed E-state index contributed by atoms with van der Waals surface area (Å²) < 4.78 is 35.3. The normalized spacial score (nSPS) is 11.5. The highest BCUT2D eigenvalue weighted by Crippen LogP contribution is 2.36. The zero-order valence-electron chi connectivity index (χ0n) is 14.2. The Morgan fingerprint density at radius 3 is 2.35 bits per heavy atom. The first-order valence-electron chi connectivity index (χ1n) is 7.77. The highest BCUT2D eigenvalue weighted by molar-refractivity contribution is 7.89. The van der Waals surface area contributed by atoms with Crippen LogP contribution in [0.25, 0.3) is 0 Å². The average Bonchev–Trinajstić information content (AvgIpc) is 2.58. The Hall–Kier alpha value is -1.96. The van der Waals surface area contributed by atoms with E-state index in [4.69, 9.17) is 32.7 Å². The summed E-state index contributed by atoms with van der Waals surface area (Å²) in [4.78, 5) is 2.19. The molecule has 1 N–H and O–H groups in total. The molecule has 140 valence electrons. The maximum absolute atomic E-state index is 12.2. The van der Waals surface area contributed by atoms with E-state index < -0.39 is 10.0 Å². The zero-order valence-corrected chi connectivity index (χ0v) is 16.5. The smallest absolute Gasteiger partial charge is 0.276 e. The Balaban J connectivity index is 2.20. The number of benzene rings is 2. The first-order valence-corrected chi connectivity index (χ1v) is 10.0. The first-order chi connectivity index (χ1) is 12.4. The van der Waals surface area contributed by atoms with Crippen LogP contribution in [0.15, 0.2) is 46.4 Å². The van der Waals surface area contributed by atoms with Gasteiger partial charge in [-0.1, -0.05) is 23.2 Å². The Kier molecular flexibility index (Phi) is 7.14. The summed E-state index contributed by atoms with van der Waals surface area (Å²) in [7, 11) is -3.79. The average molecular weight is 417 g/mol. The molecule has 6 nitrogen and oxygen atoms in total. The Bertz CT molecular complexity index is 884. The summed E-state index contributed by atoms with van der Waals surface area (Å²) in [6, 6.07) is 9.03.